The van der Waals surface area contributed by atoms with Crippen molar-refractivity contribution in [1.29, 1.82) is 0 Å². The maximum absolute atomic E-state index is 11.5. The van der Waals surface area contributed by atoms with Gasteiger partial charge < -0.3 is 15.8 Å². The summed E-state index contributed by atoms with van der Waals surface area (Å²) in [5.41, 5.74) is 6.56. The number of nitrogens with two attached hydrogens (primary N) is 1. The van der Waals surface area contributed by atoms with E-state index in [2.05, 4.69) is 10.3 Å². The molecule has 0 fully saturated rings. The molecule has 24 heavy (non-hydrogen) atoms. The van der Waals surface area contributed by atoms with Crippen molar-refractivity contribution in [1.82, 2.24) is 10.3 Å². The van der Waals surface area contributed by atoms with Crippen molar-refractivity contribution in [2.45, 2.75) is 6.61 Å². The van der Waals surface area contributed by atoms with Crippen LogP contribution in [0.25, 0.3) is 6.08 Å². The van der Waals surface area contributed by atoms with E-state index in [-0.39, 0.29) is 24.7 Å². The van der Waals surface area contributed by atoms with Crippen LogP contribution in [0, 0.1) is 10.1 Å². The molecule has 0 bridgehead atoms. The number of nitrogens with zero attached hydrogens (tertiary/aromatic N) is 2. The predicted molar refractivity (Wildman–Crippen MR) is 89.0 cm³/mol. The fourth-order valence-electron chi connectivity index (χ4n) is 1.83. The number of carbonyl (C=O) groups is 1. The van der Waals surface area contributed by atoms with Crippen molar-refractivity contribution in [3.8, 4) is 0 Å². The number of amides is 1. The Morgan fingerprint density at radius 2 is 2.12 bits per heavy atom. The summed E-state index contributed by atoms with van der Waals surface area (Å²) in [5.74, 6) is -0.139. The first-order valence-electron chi connectivity index (χ1n) is 7.07. The van der Waals surface area contributed by atoms with Gasteiger partial charge in [-0.3, -0.25) is 10.1 Å². The van der Waals surface area contributed by atoms with Gasteiger partial charge in [0, 0.05) is 18.8 Å². The standard InChI is InChI=1S/C16H16N4O4/c17-15-14(20(22)23)9-13(10-19-15)7-4-8-18-16(21)24-11-12-5-2-1-3-6-12/h1-7,9-10H,8,11H2,(H2,17,19)(H,18,21). The molecule has 0 atom stereocenters. The van der Waals surface area contributed by atoms with Crippen LogP contribution in [-0.2, 0) is 11.3 Å². The van der Waals surface area contributed by atoms with Gasteiger partial charge in [-0.15, -0.1) is 0 Å². The Kier molecular flexibility index (Phi) is 5.84. The van der Waals surface area contributed by atoms with Gasteiger partial charge in [-0.2, -0.15) is 0 Å². The number of hydrogen-bond acceptors (Lipinski definition) is 6. The van der Waals surface area contributed by atoms with Crippen molar-refractivity contribution < 1.29 is 14.5 Å². The average molecular weight is 328 g/mol. The Morgan fingerprint density at radius 3 is 2.83 bits per heavy atom. The fraction of sp³-hybridized carbons (Fsp3) is 0.125. The second kappa shape index (κ2) is 8.28. The van der Waals surface area contributed by atoms with Crippen LogP contribution < -0.4 is 11.1 Å². The minimum atomic E-state index is -0.598. The molecule has 1 aromatic carbocycles. The number of ether oxygens (including phenoxy) is 1. The van der Waals surface area contributed by atoms with Gasteiger partial charge in [0.25, 0.3) is 0 Å². The van der Waals surface area contributed by atoms with Gasteiger partial charge in [0.15, 0.2) is 0 Å². The second-order valence-electron chi connectivity index (χ2n) is 4.78. The van der Waals surface area contributed by atoms with Crippen LogP contribution in [0.2, 0.25) is 0 Å². The SMILES string of the molecule is Nc1ncc(C=CCNC(=O)OCc2ccccc2)cc1[N+](=O)[O-]. The summed E-state index contributed by atoms with van der Waals surface area (Å²) >= 11 is 0. The highest BCUT2D eigenvalue weighted by Gasteiger charge is 2.12. The summed E-state index contributed by atoms with van der Waals surface area (Å²) in [6, 6.07) is 10.6. The van der Waals surface area contributed by atoms with E-state index in [1.165, 1.54) is 12.3 Å². The number of benzene rings is 1. The Bertz CT molecular complexity index is 747. The van der Waals surface area contributed by atoms with E-state index in [0.29, 0.717) is 5.56 Å². The number of hydrogen-bond donors (Lipinski definition) is 2. The Morgan fingerprint density at radius 1 is 1.38 bits per heavy atom. The Balaban J connectivity index is 1.79. The molecule has 1 aromatic heterocycles. The monoisotopic (exact) mass is 328 g/mol. The molecule has 2 rings (SSSR count). The lowest BCUT2D eigenvalue weighted by molar-refractivity contribution is -0.384. The zero-order valence-electron chi connectivity index (χ0n) is 12.7. The van der Waals surface area contributed by atoms with Crippen LogP contribution in [0.1, 0.15) is 11.1 Å². The van der Waals surface area contributed by atoms with Gasteiger partial charge in [0.1, 0.15) is 6.61 Å². The van der Waals surface area contributed by atoms with Crippen LogP contribution >= 0.6 is 0 Å². The lowest BCUT2D eigenvalue weighted by atomic mass is 10.2. The molecule has 0 aliphatic rings. The van der Waals surface area contributed by atoms with E-state index in [9.17, 15) is 14.9 Å². The predicted octanol–water partition coefficient (Wildman–Crippen LogP) is 2.51. The molecular formula is C16H16N4O4. The quantitative estimate of drug-likeness (QED) is 0.621. The summed E-state index contributed by atoms with van der Waals surface area (Å²) < 4.78 is 5.04. The minimum Gasteiger partial charge on any atom is -0.445 e. The Labute approximate surface area is 138 Å². The number of alkyl carbamates (subject to hydrolysis) is 1. The van der Waals surface area contributed by atoms with Crippen molar-refractivity contribution in [2.24, 2.45) is 0 Å². The van der Waals surface area contributed by atoms with E-state index in [1.54, 1.807) is 12.2 Å². The number of pyridine rings is 1. The normalized spacial score (nSPS) is 10.5. The highest BCUT2D eigenvalue weighted by Crippen LogP contribution is 2.19. The molecule has 8 nitrogen and oxygen atoms in total. The van der Waals surface area contributed by atoms with Gasteiger partial charge in [-0.25, -0.2) is 9.78 Å². The van der Waals surface area contributed by atoms with Crippen LogP contribution in [0.15, 0.2) is 48.7 Å². The van der Waals surface area contributed by atoms with E-state index >= 15 is 0 Å². The van der Waals surface area contributed by atoms with Crippen LogP contribution in [-0.4, -0.2) is 22.5 Å². The van der Waals surface area contributed by atoms with Gasteiger partial charge in [0.05, 0.1) is 4.92 Å². The van der Waals surface area contributed by atoms with Gasteiger partial charge >= 0.3 is 11.8 Å². The molecule has 0 saturated heterocycles. The molecule has 0 unspecified atom stereocenters. The molecule has 0 spiro atoms. The first kappa shape index (κ1) is 16.9. The zero-order chi connectivity index (χ0) is 17.4. The number of aromatic nitrogens is 1. The van der Waals surface area contributed by atoms with Crippen molar-refractivity contribution in [3.63, 3.8) is 0 Å². The van der Waals surface area contributed by atoms with E-state index in [0.717, 1.165) is 5.56 Å². The van der Waals surface area contributed by atoms with Gasteiger partial charge in [-0.05, 0) is 11.1 Å². The summed E-state index contributed by atoms with van der Waals surface area (Å²) in [7, 11) is 0. The summed E-state index contributed by atoms with van der Waals surface area (Å²) in [4.78, 5) is 25.5. The maximum atomic E-state index is 11.5. The summed E-state index contributed by atoms with van der Waals surface area (Å²) in [6.45, 7) is 0.399. The maximum Gasteiger partial charge on any atom is 0.407 e. The van der Waals surface area contributed by atoms with Crippen LogP contribution in [0.5, 0.6) is 0 Å². The molecule has 1 heterocycles. The number of rotatable bonds is 6. The highest BCUT2D eigenvalue weighted by atomic mass is 16.6. The molecule has 0 aliphatic heterocycles. The smallest absolute Gasteiger partial charge is 0.407 e. The number of carbonyl (C=O) groups excluding carboxylic acids is 1. The summed E-state index contributed by atoms with van der Waals surface area (Å²) in [5, 5.41) is 13.3. The van der Waals surface area contributed by atoms with Gasteiger partial charge in [-0.1, -0.05) is 42.5 Å². The second-order valence-corrected chi connectivity index (χ2v) is 4.78. The van der Waals surface area contributed by atoms with Crippen LogP contribution in [0.3, 0.4) is 0 Å². The lowest BCUT2D eigenvalue weighted by Gasteiger charge is -2.05. The molecule has 1 amide bonds. The number of anilines is 1. The van der Waals surface area contributed by atoms with Crippen molar-refractivity contribution >= 4 is 23.7 Å². The third-order valence-electron chi connectivity index (χ3n) is 3.00. The third kappa shape index (κ3) is 5.09. The molecule has 3 N–H and O–H groups in total. The Hall–Kier alpha value is -3.42. The van der Waals surface area contributed by atoms with E-state index < -0.39 is 11.0 Å². The van der Waals surface area contributed by atoms with Crippen molar-refractivity contribution in [2.75, 3.05) is 12.3 Å². The third-order valence-corrected chi connectivity index (χ3v) is 3.00. The molecule has 0 saturated carbocycles. The lowest BCUT2D eigenvalue weighted by Crippen LogP contribution is -2.24. The molecule has 8 heteroatoms. The molecular weight excluding hydrogens is 312 g/mol. The van der Waals surface area contributed by atoms with Crippen LogP contribution in [0.4, 0.5) is 16.3 Å². The van der Waals surface area contributed by atoms with Crippen molar-refractivity contribution in [3.05, 3.63) is 69.9 Å². The highest BCUT2D eigenvalue weighted by molar-refractivity contribution is 5.67. The summed E-state index contributed by atoms with van der Waals surface area (Å²) in [6.07, 6.45) is 4.08. The molecule has 0 radical (unpaired) electrons. The molecule has 0 aliphatic carbocycles. The fourth-order valence-corrected chi connectivity index (χ4v) is 1.83. The zero-order valence-corrected chi connectivity index (χ0v) is 12.7. The molecule has 124 valence electrons. The van der Waals surface area contributed by atoms with Gasteiger partial charge in [0.2, 0.25) is 5.82 Å². The number of nitro groups is 1. The topological polar surface area (TPSA) is 120 Å². The van der Waals surface area contributed by atoms with E-state index in [1.807, 2.05) is 30.3 Å². The largest absolute Gasteiger partial charge is 0.445 e. The molecule has 2 aromatic rings. The number of nitrogen functional groups attached to an aromatic ring is 1. The minimum absolute atomic E-state index is 0.139. The average Bonchev–Trinajstić information content (AvgIpc) is 2.59. The first-order chi connectivity index (χ1) is 11.6. The first-order valence-corrected chi connectivity index (χ1v) is 7.07. The number of nitrogens with one attached hydrogen (secondary N) is 1. The van der Waals surface area contributed by atoms with E-state index in [4.69, 9.17) is 10.5 Å².